The zero-order valence-corrected chi connectivity index (χ0v) is 26.8. The molecule has 1 aliphatic heterocycles. The molecule has 0 saturated heterocycles. The van der Waals surface area contributed by atoms with Crippen LogP contribution in [0.4, 0.5) is 5.69 Å². The zero-order valence-electron chi connectivity index (χ0n) is 24.6. The van der Waals surface area contributed by atoms with Crippen molar-refractivity contribution in [3.8, 4) is 5.75 Å². The minimum Gasteiger partial charge on any atom is -0.494 e. The first-order valence-corrected chi connectivity index (χ1v) is 15.7. The van der Waals surface area contributed by atoms with Crippen LogP contribution in [0.5, 0.6) is 5.75 Å². The lowest BCUT2D eigenvalue weighted by Crippen LogP contribution is -2.50. The van der Waals surface area contributed by atoms with Crippen LogP contribution in [0, 0.1) is 0 Å². The van der Waals surface area contributed by atoms with Crippen LogP contribution in [-0.2, 0) is 22.4 Å². The van der Waals surface area contributed by atoms with E-state index in [0.29, 0.717) is 62.6 Å². The Labute approximate surface area is 281 Å². The molecule has 4 aromatic rings. The van der Waals surface area contributed by atoms with Crippen molar-refractivity contribution >= 4 is 52.3 Å². The summed E-state index contributed by atoms with van der Waals surface area (Å²) in [5.74, 6) is 0.422. The van der Waals surface area contributed by atoms with Gasteiger partial charge in [0.05, 0.1) is 6.61 Å². The van der Waals surface area contributed by atoms with E-state index in [0.717, 1.165) is 5.56 Å². The summed E-state index contributed by atoms with van der Waals surface area (Å²) in [5.41, 5.74) is 10.6. The van der Waals surface area contributed by atoms with Crippen molar-refractivity contribution in [1.82, 2.24) is 5.32 Å². The maximum atomic E-state index is 14.5. The van der Waals surface area contributed by atoms with Gasteiger partial charge in [0, 0.05) is 62.8 Å². The molecule has 0 aliphatic carbocycles. The number of carbonyl (C=O) groups excluding carboxylic acids is 1. The molecule has 0 aromatic heterocycles. The average Bonchev–Trinajstić information content (AvgIpc) is 3.43. The van der Waals surface area contributed by atoms with Gasteiger partial charge in [-0.25, -0.2) is 4.99 Å². The SMILES string of the molecule is [N-]=[N+]=Nc1ccccc1C[C@@]1(C(=O)NCCc2ccccc2Cl)N=C(c2ccc(OCCCO)cc2)O[C@@H]1c1ccc(Cl)cc1Cl. The number of nitrogens with zero attached hydrogens (tertiary/aromatic N) is 4. The van der Waals surface area contributed by atoms with Gasteiger partial charge in [-0.1, -0.05) is 88.4 Å². The highest BCUT2D eigenvalue weighted by Crippen LogP contribution is 2.46. The molecule has 46 heavy (non-hydrogen) atoms. The second-order valence-electron chi connectivity index (χ2n) is 10.5. The predicted molar refractivity (Wildman–Crippen MR) is 180 cm³/mol. The van der Waals surface area contributed by atoms with E-state index in [-0.39, 0.29) is 25.5 Å². The molecular weight excluding hydrogens is 649 g/mol. The second kappa shape index (κ2) is 15.4. The van der Waals surface area contributed by atoms with Crippen LogP contribution in [0.1, 0.15) is 34.8 Å². The van der Waals surface area contributed by atoms with Gasteiger partial charge >= 0.3 is 0 Å². The van der Waals surface area contributed by atoms with Gasteiger partial charge in [0.1, 0.15) is 5.75 Å². The van der Waals surface area contributed by atoms with Gasteiger partial charge in [-0.15, -0.1) is 0 Å². The van der Waals surface area contributed by atoms with E-state index in [1.54, 1.807) is 72.8 Å². The maximum Gasteiger partial charge on any atom is 0.252 e. The fourth-order valence-electron chi connectivity index (χ4n) is 5.23. The molecule has 1 heterocycles. The van der Waals surface area contributed by atoms with E-state index in [9.17, 15) is 10.3 Å². The molecule has 0 spiro atoms. The summed E-state index contributed by atoms with van der Waals surface area (Å²) in [6.45, 7) is 0.670. The van der Waals surface area contributed by atoms with Crippen LogP contribution in [0.25, 0.3) is 10.4 Å². The third-order valence-corrected chi connectivity index (χ3v) is 8.45. The van der Waals surface area contributed by atoms with Gasteiger partial charge < -0.3 is 19.9 Å². The Morgan fingerprint density at radius 1 is 1.00 bits per heavy atom. The first kappa shape index (κ1) is 33.1. The minimum absolute atomic E-state index is 0.0234. The molecule has 236 valence electrons. The molecule has 1 amide bonds. The third kappa shape index (κ3) is 7.58. The Morgan fingerprint density at radius 3 is 2.46 bits per heavy atom. The summed E-state index contributed by atoms with van der Waals surface area (Å²) < 4.78 is 12.2. The number of nitrogens with one attached hydrogen (secondary N) is 1. The number of rotatable bonds is 13. The number of aliphatic hydroxyl groups is 1. The molecule has 4 aromatic carbocycles. The smallest absolute Gasteiger partial charge is 0.252 e. The summed E-state index contributed by atoms with van der Waals surface area (Å²) in [4.78, 5) is 22.5. The minimum atomic E-state index is -1.58. The lowest BCUT2D eigenvalue weighted by Gasteiger charge is -2.31. The van der Waals surface area contributed by atoms with Crippen LogP contribution < -0.4 is 10.1 Å². The number of halogens is 3. The van der Waals surface area contributed by atoms with Gasteiger partial charge in [-0.3, -0.25) is 4.79 Å². The summed E-state index contributed by atoms with van der Waals surface area (Å²) in [6, 6.07) is 26.6. The fraction of sp³-hybridized carbons (Fsp3) is 0.235. The van der Waals surface area contributed by atoms with Crippen molar-refractivity contribution < 1.29 is 19.4 Å². The molecular formula is C34H30Cl3N5O4. The number of azide groups is 1. The summed E-state index contributed by atoms with van der Waals surface area (Å²) in [5, 5.41) is 17.3. The maximum absolute atomic E-state index is 14.5. The van der Waals surface area contributed by atoms with Crippen molar-refractivity contribution in [3.05, 3.63) is 139 Å². The normalized spacial score (nSPS) is 17.0. The van der Waals surface area contributed by atoms with Gasteiger partial charge in [0.25, 0.3) is 5.91 Å². The van der Waals surface area contributed by atoms with Crippen LogP contribution in [-0.4, -0.2) is 42.2 Å². The predicted octanol–water partition coefficient (Wildman–Crippen LogP) is 8.21. The van der Waals surface area contributed by atoms with Gasteiger partial charge in [0.15, 0.2) is 11.6 Å². The van der Waals surface area contributed by atoms with Crippen LogP contribution in [0.3, 0.4) is 0 Å². The Kier molecular flexibility index (Phi) is 11.1. The standard InChI is InChI=1S/C34H30Cl3N5O4/c35-25-12-15-27(29(37)20-25)31-34(21-24-7-2-4-9-30(24)41-42-38,33(44)39-17-16-22-6-1-3-8-28(22)36)40-32(46-31)23-10-13-26(14-11-23)45-19-5-18-43/h1-4,6-15,20,31,43H,5,16-19,21H2,(H,39,44)/t31-,34-/m1/s1. The molecule has 0 fully saturated rings. The summed E-state index contributed by atoms with van der Waals surface area (Å²) in [7, 11) is 0. The number of aliphatic hydroxyl groups excluding tert-OH is 1. The van der Waals surface area contributed by atoms with Gasteiger partial charge in [-0.2, -0.15) is 0 Å². The Balaban J connectivity index is 1.59. The molecule has 5 rings (SSSR count). The summed E-state index contributed by atoms with van der Waals surface area (Å²) in [6.07, 6.45) is 0.0349. The number of amides is 1. The molecule has 0 bridgehead atoms. The van der Waals surface area contributed by atoms with E-state index in [2.05, 4.69) is 15.3 Å². The van der Waals surface area contributed by atoms with Crippen LogP contribution in [0.15, 0.2) is 101 Å². The molecule has 9 nitrogen and oxygen atoms in total. The lowest BCUT2D eigenvalue weighted by molar-refractivity contribution is -0.128. The molecule has 0 saturated carbocycles. The summed E-state index contributed by atoms with van der Waals surface area (Å²) >= 11 is 19.4. The molecule has 2 N–H and O–H groups in total. The van der Waals surface area contributed by atoms with Crippen molar-refractivity contribution in [2.75, 3.05) is 19.8 Å². The van der Waals surface area contributed by atoms with E-state index in [1.807, 2.05) is 18.2 Å². The lowest BCUT2D eigenvalue weighted by atomic mass is 9.81. The third-order valence-electron chi connectivity index (χ3n) is 7.52. The quantitative estimate of drug-likeness (QED) is 0.0639. The van der Waals surface area contributed by atoms with Crippen molar-refractivity contribution in [1.29, 1.82) is 0 Å². The topological polar surface area (TPSA) is 129 Å². The van der Waals surface area contributed by atoms with Gasteiger partial charge in [-0.05, 0) is 65.5 Å². The van der Waals surface area contributed by atoms with Crippen LogP contribution >= 0.6 is 34.8 Å². The molecule has 1 aliphatic rings. The average molecular weight is 679 g/mol. The number of hydrogen-bond donors (Lipinski definition) is 2. The number of benzene rings is 4. The molecule has 12 heteroatoms. The monoisotopic (exact) mass is 677 g/mol. The Bertz CT molecular complexity index is 1780. The fourth-order valence-corrected chi connectivity index (χ4v) is 5.97. The highest BCUT2D eigenvalue weighted by atomic mass is 35.5. The number of ether oxygens (including phenoxy) is 2. The van der Waals surface area contributed by atoms with Crippen molar-refractivity contribution in [2.24, 2.45) is 10.1 Å². The Morgan fingerprint density at radius 2 is 1.74 bits per heavy atom. The van der Waals surface area contributed by atoms with E-state index in [1.165, 1.54) is 0 Å². The van der Waals surface area contributed by atoms with Crippen molar-refractivity contribution in [2.45, 2.75) is 30.9 Å². The number of carbonyl (C=O) groups is 1. The van der Waals surface area contributed by atoms with Crippen molar-refractivity contribution in [3.63, 3.8) is 0 Å². The van der Waals surface area contributed by atoms with Crippen LogP contribution in [0.2, 0.25) is 15.1 Å². The van der Waals surface area contributed by atoms with Gasteiger partial charge in [0.2, 0.25) is 5.90 Å². The van der Waals surface area contributed by atoms with E-state index >= 15 is 0 Å². The second-order valence-corrected chi connectivity index (χ2v) is 11.8. The zero-order chi connectivity index (χ0) is 32.5. The highest BCUT2D eigenvalue weighted by molar-refractivity contribution is 6.35. The first-order valence-electron chi connectivity index (χ1n) is 14.5. The Hall–Kier alpha value is -4.24. The number of aliphatic imine (C=N–C) groups is 1. The first-order chi connectivity index (χ1) is 22.3. The van der Waals surface area contributed by atoms with E-state index < -0.39 is 17.6 Å². The molecule has 2 atom stereocenters. The largest absolute Gasteiger partial charge is 0.494 e. The highest BCUT2D eigenvalue weighted by Gasteiger charge is 2.54. The van der Waals surface area contributed by atoms with E-state index in [4.69, 9.17) is 54.4 Å². The number of hydrogen-bond acceptors (Lipinski definition) is 6. The molecule has 0 unspecified atom stereocenters. The molecule has 0 radical (unpaired) electrons.